The largest absolute Gasteiger partial charge is 0.335 e. The van der Waals surface area contributed by atoms with Gasteiger partial charge >= 0.3 is 0 Å². The Morgan fingerprint density at radius 3 is 1.70 bits per heavy atom. The first kappa shape index (κ1) is 40.7. The fraction of sp³-hybridized carbons (Fsp3) is 0.156. The molecule has 332 valence electrons. The van der Waals surface area contributed by atoms with Gasteiger partial charge in [0.2, 0.25) is 0 Å². The van der Waals surface area contributed by atoms with Crippen molar-refractivity contribution in [1.29, 1.82) is 0 Å². The number of aromatic nitrogens is 1. The molecule has 2 atom stereocenters. The number of hydrogen-bond acceptors (Lipinski definition) is 2. The second-order valence-electron chi connectivity index (χ2n) is 20.9. The molecule has 0 N–H and O–H groups in total. The molecule has 0 saturated heterocycles. The molecule has 5 heteroatoms. The normalized spacial score (nSPS) is 18.6. The SMILES string of the molecule is Cc1cccc(N(c2cccc(C)c2)c2cc3c4c(c2)-n2c5ccccc5c5cccc(c52)B4c2cc([Si](c4ccccc4)(c4ccccc4)c4ccccc4)cc4c2N3C2(C)CCCCC42C)c1. The molecular weight excluding hydrogens is 850 g/mol. The first-order chi connectivity index (χ1) is 33.8. The van der Waals surface area contributed by atoms with Gasteiger partial charge in [0.25, 0.3) is 6.71 Å². The zero-order valence-electron chi connectivity index (χ0n) is 39.9. The number of benzene rings is 9. The lowest BCUT2D eigenvalue weighted by atomic mass is 9.33. The molecule has 1 aliphatic carbocycles. The van der Waals surface area contributed by atoms with Crippen molar-refractivity contribution in [2.75, 3.05) is 9.80 Å². The third kappa shape index (κ3) is 5.45. The van der Waals surface area contributed by atoms with E-state index in [9.17, 15) is 0 Å². The zero-order valence-corrected chi connectivity index (χ0v) is 40.9. The predicted octanol–water partition coefficient (Wildman–Crippen LogP) is 11.1. The topological polar surface area (TPSA) is 11.4 Å². The highest BCUT2D eigenvalue weighted by Crippen LogP contribution is 2.61. The minimum absolute atomic E-state index is 0.0160. The third-order valence-electron chi connectivity index (χ3n) is 17.3. The van der Waals surface area contributed by atoms with Gasteiger partial charge in [-0.1, -0.05) is 184 Å². The summed E-state index contributed by atoms with van der Waals surface area (Å²) < 4.78 is 2.65. The standard InChI is InChI=1S/C64H54BN3Si/c1-43-21-18-23-45(37-43)66(46-24-19-22-44(2)38-46)47-39-58-60-59(40-47)68-62-54(63(3)35-16-17-36-64(63,68)4)41-51(42-56(62)65(60)55-33-20-32-53-52-31-14-15-34-57(52)67(58)61(53)55)69(48-25-8-5-9-26-48,49-27-10-6-11-28-49)50-29-12-7-13-30-50/h5-15,18-34,37-42H,16-17,35-36H2,1-4H3. The lowest BCUT2D eigenvalue weighted by Crippen LogP contribution is -2.75. The van der Waals surface area contributed by atoms with E-state index in [2.05, 4.69) is 248 Å². The summed E-state index contributed by atoms with van der Waals surface area (Å²) >= 11 is 0. The van der Waals surface area contributed by atoms with Gasteiger partial charge in [-0.2, -0.15) is 0 Å². The summed E-state index contributed by atoms with van der Waals surface area (Å²) in [6.45, 7) is 9.71. The summed E-state index contributed by atoms with van der Waals surface area (Å²) in [6.07, 6.45) is 4.72. The van der Waals surface area contributed by atoms with Gasteiger partial charge in [-0.25, -0.2) is 0 Å². The van der Waals surface area contributed by atoms with E-state index in [0.29, 0.717) is 0 Å². The number of rotatable bonds is 7. The van der Waals surface area contributed by atoms with Crippen LogP contribution in [0.3, 0.4) is 0 Å². The Morgan fingerprint density at radius 1 is 0.493 bits per heavy atom. The minimum atomic E-state index is -2.93. The predicted molar refractivity (Wildman–Crippen MR) is 296 cm³/mol. The van der Waals surface area contributed by atoms with Crippen LogP contribution in [0.1, 0.15) is 56.2 Å². The Morgan fingerprint density at radius 2 is 1.06 bits per heavy atom. The maximum absolute atomic E-state index is 2.93. The molecule has 1 saturated carbocycles. The van der Waals surface area contributed by atoms with Crippen molar-refractivity contribution in [3.8, 4) is 5.69 Å². The van der Waals surface area contributed by atoms with Crippen LogP contribution in [0, 0.1) is 13.8 Å². The smallest absolute Gasteiger partial charge is 0.252 e. The van der Waals surface area contributed by atoms with Crippen molar-refractivity contribution < 1.29 is 0 Å². The second kappa shape index (κ2) is 14.8. The lowest BCUT2D eigenvalue weighted by molar-refractivity contribution is 0.195. The van der Waals surface area contributed by atoms with Crippen LogP contribution in [-0.4, -0.2) is 24.9 Å². The quantitative estimate of drug-likeness (QED) is 0.117. The van der Waals surface area contributed by atoms with Crippen LogP contribution in [-0.2, 0) is 5.41 Å². The first-order valence-electron chi connectivity index (χ1n) is 25.1. The number of anilines is 5. The molecule has 1 fully saturated rings. The molecule has 0 radical (unpaired) electrons. The van der Waals surface area contributed by atoms with Gasteiger partial charge in [0, 0.05) is 50.1 Å². The molecule has 3 aliphatic heterocycles. The summed E-state index contributed by atoms with van der Waals surface area (Å²) in [5.41, 5.74) is 18.2. The highest BCUT2D eigenvalue weighted by molar-refractivity contribution is 7.20. The van der Waals surface area contributed by atoms with Crippen molar-refractivity contribution in [3.63, 3.8) is 0 Å². The first-order valence-corrected chi connectivity index (χ1v) is 27.1. The van der Waals surface area contributed by atoms with Gasteiger partial charge in [-0.05, 0) is 130 Å². The molecule has 9 aromatic carbocycles. The summed E-state index contributed by atoms with van der Waals surface area (Å²) in [5, 5.41) is 8.35. The number of nitrogens with zero attached hydrogens (tertiary/aromatic N) is 3. The Bertz CT molecular complexity index is 3570. The lowest BCUT2D eigenvalue weighted by Gasteiger charge is -2.52. The van der Waals surface area contributed by atoms with Crippen LogP contribution < -0.4 is 46.9 Å². The van der Waals surface area contributed by atoms with E-state index in [1.165, 1.54) is 123 Å². The highest BCUT2D eigenvalue weighted by atomic mass is 28.3. The van der Waals surface area contributed by atoms with Gasteiger partial charge in [0.15, 0.2) is 8.07 Å². The molecule has 69 heavy (non-hydrogen) atoms. The summed E-state index contributed by atoms with van der Waals surface area (Å²) in [5.74, 6) is 0. The van der Waals surface area contributed by atoms with E-state index in [1.54, 1.807) is 0 Å². The van der Waals surface area contributed by atoms with Crippen LogP contribution in [0.25, 0.3) is 27.5 Å². The zero-order chi connectivity index (χ0) is 46.2. The van der Waals surface area contributed by atoms with Crippen LogP contribution in [0.15, 0.2) is 206 Å². The minimum Gasteiger partial charge on any atom is -0.335 e. The summed E-state index contributed by atoms with van der Waals surface area (Å²) in [4.78, 5) is 5.43. The molecule has 0 bridgehead atoms. The van der Waals surface area contributed by atoms with Crippen molar-refractivity contribution in [2.45, 2.75) is 64.3 Å². The van der Waals surface area contributed by atoms with Crippen LogP contribution in [0.5, 0.6) is 0 Å². The van der Waals surface area contributed by atoms with E-state index < -0.39 is 8.07 Å². The Hall–Kier alpha value is -7.34. The monoisotopic (exact) mass is 903 g/mol. The van der Waals surface area contributed by atoms with Gasteiger partial charge in [-0.3, -0.25) is 0 Å². The number of para-hydroxylation sites is 2. The van der Waals surface area contributed by atoms with Gasteiger partial charge < -0.3 is 14.4 Å². The fourth-order valence-corrected chi connectivity index (χ4v) is 18.9. The third-order valence-corrected chi connectivity index (χ3v) is 22.1. The molecule has 4 aliphatic rings. The van der Waals surface area contributed by atoms with Crippen LogP contribution >= 0.6 is 0 Å². The average Bonchev–Trinajstić information content (AvgIpc) is 3.83. The Kier molecular flexibility index (Phi) is 8.75. The molecule has 0 amide bonds. The van der Waals surface area contributed by atoms with Crippen molar-refractivity contribution in [2.24, 2.45) is 0 Å². The van der Waals surface area contributed by atoms with Crippen LogP contribution in [0.4, 0.5) is 28.4 Å². The molecule has 14 rings (SSSR count). The van der Waals surface area contributed by atoms with Crippen molar-refractivity contribution >= 4 is 102 Å². The van der Waals surface area contributed by atoms with Crippen molar-refractivity contribution in [3.05, 3.63) is 223 Å². The summed E-state index contributed by atoms with van der Waals surface area (Å²) in [7, 11) is -2.93. The van der Waals surface area contributed by atoms with Crippen LogP contribution in [0.2, 0.25) is 0 Å². The van der Waals surface area contributed by atoms with Crippen molar-refractivity contribution in [1.82, 2.24) is 4.57 Å². The maximum Gasteiger partial charge on any atom is 0.252 e. The second-order valence-corrected chi connectivity index (χ2v) is 24.7. The molecule has 1 aromatic heterocycles. The number of hydrogen-bond donors (Lipinski definition) is 0. The molecule has 3 nitrogen and oxygen atoms in total. The fourth-order valence-electron chi connectivity index (χ4n) is 14.1. The van der Waals surface area contributed by atoms with E-state index in [0.717, 1.165) is 12.8 Å². The maximum atomic E-state index is 2.91. The van der Waals surface area contributed by atoms with E-state index in [-0.39, 0.29) is 17.7 Å². The molecule has 10 aromatic rings. The van der Waals surface area contributed by atoms with E-state index in [4.69, 9.17) is 0 Å². The van der Waals surface area contributed by atoms with Gasteiger partial charge in [-0.15, -0.1) is 0 Å². The molecule has 2 unspecified atom stereocenters. The van der Waals surface area contributed by atoms with E-state index in [1.807, 2.05) is 0 Å². The van der Waals surface area contributed by atoms with Gasteiger partial charge in [0.1, 0.15) is 0 Å². The highest BCUT2D eigenvalue weighted by Gasteiger charge is 2.62. The molecular formula is C64H54BN3Si. The Balaban J connectivity index is 1.16. The molecule has 0 spiro atoms. The van der Waals surface area contributed by atoms with E-state index >= 15 is 0 Å². The Labute approximate surface area is 407 Å². The number of fused-ring (bicyclic) bond motifs is 10. The van der Waals surface area contributed by atoms with Gasteiger partial charge in [0.05, 0.1) is 16.7 Å². The molecule has 4 heterocycles. The summed E-state index contributed by atoms with van der Waals surface area (Å²) in [6, 6.07) is 79.7. The number of aryl methyl sites for hydroxylation is 2. The average molecular weight is 904 g/mol.